The third kappa shape index (κ3) is 4.67. The van der Waals surface area contributed by atoms with E-state index < -0.39 is 0 Å². The van der Waals surface area contributed by atoms with Crippen LogP contribution in [0.1, 0.15) is 5.56 Å². The van der Waals surface area contributed by atoms with Gasteiger partial charge in [-0.15, -0.1) is 11.3 Å². The molecule has 17 heavy (non-hydrogen) atoms. The normalized spacial score (nSPS) is 18.7. The van der Waals surface area contributed by atoms with Gasteiger partial charge in [-0.1, -0.05) is 0 Å². The fourth-order valence-corrected chi connectivity index (χ4v) is 3.19. The van der Waals surface area contributed by atoms with Crippen molar-refractivity contribution in [2.24, 2.45) is 0 Å². The Hall–Kier alpha value is 0.0600. The Kier molecular flexibility index (Phi) is 5.44. The van der Waals surface area contributed by atoms with E-state index in [4.69, 9.17) is 0 Å². The second kappa shape index (κ2) is 6.85. The largest absolute Gasteiger partial charge is 0.311 e. The molecular weight excluding hydrogens is 298 g/mol. The van der Waals surface area contributed by atoms with Crippen LogP contribution in [0.15, 0.2) is 15.2 Å². The molecule has 0 amide bonds. The van der Waals surface area contributed by atoms with Crippen LogP contribution in [-0.4, -0.2) is 56.1 Å². The average molecular weight is 318 g/mol. The van der Waals surface area contributed by atoms with Gasteiger partial charge in [0.1, 0.15) is 0 Å². The highest BCUT2D eigenvalue weighted by molar-refractivity contribution is 9.11. The van der Waals surface area contributed by atoms with E-state index in [9.17, 15) is 0 Å². The summed E-state index contributed by atoms with van der Waals surface area (Å²) < 4.78 is 1.22. The monoisotopic (exact) mass is 317 g/mol. The maximum absolute atomic E-state index is 3.50. The number of likely N-dealkylation sites (N-methyl/N-ethyl adjacent to an activating group) is 1. The molecule has 5 heteroatoms. The molecule has 1 aromatic heterocycles. The van der Waals surface area contributed by atoms with Crippen molar-refractivity contribution in [2.45, 2.75) is 6.54 Å². The van der Waals surface area contributed by atoms with Gasteiger partial charge in [-0.05, 0) is 40.0 Å². The number of rotatable bonds is 5. The third-order valence-electron chi connectivity index (χ3n) is 3.15. The minimum atomic E-state index is 0.982. The standard InChI is InChI=1S/C12H20BrN3S/c1-15-4-6-16(7-5-15)3-2-14-9-11-8-12(13)17-10-11/h8,10,14H,2-7,9H2,1H3. The van der Waals surface area contributed by atoms with E-state index in [0.29, 0.717) is 0 Å². The molecule has 1 saturated heterocycles. The van der Waals surface area contributed by atoms with Gasteiger partial charge in [-0.3, -0.25) is 4.90 Å². The maximum Gasteiger partial charge on any atom is 0.0701 e. The molecule has 0 saturated carbocycles. The number of hydrogen-bond donors (Lipinski definition) is 1. The van der Waals surface area contributed by atoms with Crippen LogP contribution in [0.25, 0.3) is 0 Å². The number of nitrogens with zero attached hydrogens (tertiary/aromatic N) is 2. The first-order valence-corrected chi connectivity index (χ1v) is 7.76. The van der Waals surface area contributed by atoms with Gasteiger partial charge < -0.3 is 10.2 Å². The van der Waals surface area contributed by atoms with E-state index in [1.807, 2.05) is 0 Å². The van der Waals surface area contributed by atoms with Gasteiger partial charge in [0.25, 0.3) is 0 Å². The molecular formula is C12H20BrN3S. The summed E-state index contributed by atoms with van der Waals surface area (Å²) in [6.45, 7) is 8.06. The number of hydrogen-bond acceptors (Lipinski definition) is 4. The Labute approximate surface area is 116 Å². The van der Waals surface area contributed by atoms with Crippen molar-refractivity contribution in [1.82, 2.24) is 15.1 Å². The Morgan fingerprint density at radius 1 is 1.35 bits per heavy atom. The van der Waals surface area contributed by atoms with Crippen LogP contribution in [0.3, 0.4) is 0 Å². The van der Waals surface area contributed by atoms with Gasteiger partial charge in [0, 0.05) is 45.8 Å². The zero-order valence-electron chi connectivity index (χ0n) is 10.3. The molecule has 1 aromatic rings. The molecule has 0 bridgehead atoms. The highest BCUT2D eigenvalue weighted by atomic mass is 79.9. The predicted molar refractivity (Wildman–Crippen MR) is 77.7 cm³/mol. The van der Waals surface area contributed by atoms with Crippen LogP contribution < -0.4 is 5.32 Å². The molecule has 3 nitrogen and oxygen atoms in total. The van der Waals surface area contributed by atoms with E-state index >= 15 is 0 Å². The van der Waals surface area contributed by atoms with Gasteiger partial charge in [-0.25, -0.2) is 0 Å². The molecule has 0 spiro atoms. The Morgan fingerprint density at radius 3 is 2.76 bits per heavy atom. The lowest BCUT2D eigenvalue weighted by Crippen LogP contribution is -2.46. The topological polar surface area (TPSA) is 18.5 Å². The summed E-state index contributed by atoms with van der Waals surface area (Å²) >= 11 is 5.24. The molecule has 1 fully saturated rings. The summed E-state index contributed by atoms with van der Waals surface area (Å²) in [5, 5.41) is 5.71. The van der Waals surface area contributed by atoms with Crippen LogP contribution in [0.2, 0.25) is 0 Å². The SMILES string of the molecule is CN1CCN(CCNCc2csc(Br)c2)CC1. The minimum Gasteiger partial charge on any atom is -0.311 e. The lowest BCUT2D eigenvalue weighted by molar-refractivity contribution is 0.154. The molecule has 0 atom stereocenters. The number of halogens is 1. The molecule has 0 unspecified atom stereocenters. The lowest BCUT2D eigenvalue weighted by atomic mass is 10.3. The number of thiophene rings is 1. The van der Waals surface area contributed by atoms with Gasteiger partial charge in [0.05, 0.1) is 3.79 Å². The first kappa shape index (κ1) is 13.5. The summed E-state index contributed by atoms with van der Waals surface area (Å²) in [4.78, 5) is 4.93. The fourth-order valence-electron chi connectivity index (χ4n) is 1.98. The summed E-state index contributed by atoms with van der Waals surface area (Å²) in [5.74, 6) is 0. The van der Waals surface area contributed by atoms with Crippen molar-refractivity contribution >= 4 is 27.3 Å². The molecule has 0 aliphatic carbocycles. The zero-order valence-corrected chi connectivity index (χ0v) is 12.7. The molecule has 1 aliphatic heterocycles. The quantitative estimate of drug-likeness (QED) is 0.836. The van der Waals surface area contributed by atoms with E-state index in [0.717, 1.165) is 13.1 Å². The van der Waals surface area contributed by atoms with E-state index in [1.165, 1.54) is 42.1 Å². The van der Waals surface area contributed by atoms with Gasteiger partial charge in [-0.2, -0.15) is 0 Å². The van der Waals surface area contributed by atoms with Crippen LogP contribution >= 0.6 is 27.3 Å². The summed E-state index contributed by atoms with van der Waals surface area (Å²) in [7, 11) is 2.20. The third-order valence-corrected chi connectivity index (χ3v) is 4.70. The smallest absolute Gasteiger partial charge is 0.0701 e. The van der Waals surface area contributed by atoms with Crippen LogP contribution in [0.5, 0.6) is 0 Å². The van der Waals surface area contributed by atoms with Gasteiger partial charge in [0.2, 0.25) is 0 Å². The second-order valence-corrected chi connectivity index (χ2v) is 6.87. The molecule has 1 N–H and O–H groups in total. The first-order valence-electron chi connectivity index (χ1n) is 6.08. The van der Waals surface area contributed by atoms with Crippen molar-refractivity contribution in [3.8, 4) is 0 Å². The molecule has 1 aliphatic rings. The van der Waals surface area contributed by atoms with Crippen molar-refractivity contribution in [1.29, 1.82) is 0 Å². The molecule has 0 radical (unpaired) electrons. The van der Waals surface area contributed by atoms with E-state index in [-0.39, 0.29) is 0 Å². The summed E-state index contributed by atoms with van der Waals surface area (Å²) in [5.41, 5.74) is 1.38. The predicted octanol–water partition coefficient (Wildman–Crippen LogP) is 1.85. The Balaban J connectivity index is 1.57. The number of piperazine rings is 1. The summed E-state index contributed by atoms with van der Waals surface area (Å²) in [6.07, 6.45) is 0. The number of nitrogens with one attached hydrogen (secondary N) is 1. The fraction of sp³-hybridized carbons (Fsp3) is 0.667. The van der Waals surface area contributed by atoms with Crippen LogP contribution in [0.4, 0.5) is 0 Å². The Morgan fingerprint density at radius 2 is 2.12 bits per heavy atom. The molecule has 2 heterocycles. The first-order chi connectivity index (χ1) is 8.24. The maximum atomic E-state index is 3.50. The average Bonchev–Trinajstić information content (AvgIpc) is 2.73. The van der Waals surface area contributed by atoms with E-state index in [1.54, 1.807) is 11.3 Å². The molecule has 0 aromatic carbocycles. The second-order valence-electron chi connectivity index (χ2n) is 4.58. The van der Waals surface area contributed by atoms with Crippen molar-refractivity contribution in [3.05, 3.63) is 20.8 Å². The molecule has 2 rings (SSSR count). The van der Waals surface area contributed by atoms with E-state index in [2.05, 4.69) is 49.5 Å². The van der Waals surface area contributed by atoms with Gasteiger partial charge >= 0.3 is 0 Å². The lowest BCUT2D eigenvalue weighted by Gasteiger charge is -2.32. The summed E-state index contributed by atoms with van der Waals surface area (Å²) in [6, 6.07) is 2.19. The van der Waals surface area contributed by atoms with Gasteiger partial charge in [0.15, 0.2) is 0 Å². The van der Waals surface area contributed by atoms with Crippen LogP contribution in [-0.2, 0) is 6.54 Å². The minimum absolute atomic E-state index is 0.982. The van der Waals surface area contributed by atoms with Crippen molar-refractivity contribution < 1.29 is 0 Å². The zero-order chi connectivity index (χ0) is 12.1. The van der Waals surface area contributed by atoms with Crippen molar-refractivity contribution in [3.63, 3.8) is 0 Å². The Bertz CT molecular complexity index is 334. The van der Waals surface area contributed by atoms with Crippen LogP contribution in [0, 0.1) is 0 Å². The van der Waals surface area contributed by atoms with Crippen molar-refractivity contribution in [2.75, 3.05) is 46.3 Å². The highest BCUT2D eigenvalue weighted by Gasteiger charge is 2.12. The highest BCUT2D eigenvalue weighted by Crippen LogP contribution is 2.20. The molecule has 96 valence electrons.